The Morgan fingerprint density at radius 3 is 2.67 bits per heavy atom. The minimum absolute atomic E-state index is 0.0268. The quantitative estimate of drug-likeness (QED) is 0.657. The third kappa shape index (κ3) is 2.08. The highest BCUT2D eigenvalue weighted by atomic mass is 16.7. The Labute approximate surface area is 105 Å². The number of ketones is 1. The van der Waals surface area contributed by atoms with Gasteiger partial charge in [-0.15, -0.1) is 0 Å². The zero-order valence-corrected chi connectivity index (χ0v) is 10.4. The topological polar surface area (TPSA) is 74.2 Å². The van der Waals surface area contributed by atoms with Gasteiger partial charge in [0.05, 0.1) is 12.2 Å². The van der Waals surface area contributed by atoms with E-state index in [1.807, 2.05) is 6.92 Å². The number of rotatable bonds is 0. The van der Waals surface area contributed by atoms with Gasteiger partial charge in [0.25, 0.3) is 0 Å². The summed E-state index contributed by atoms with van der Waals surface area (Å²) < 4.78 is 22.5. The summed E-state index contributed by atoms with van der Waals surface area (Å²) in [5, 5.41) is 9.55. The fourth-order valence-corrected chi connectivity index (χ4v) is 2.78. The van der Waals surface area contributed by atoms with Gasteiger partial charge in [-0.2, -0.15) is 0 Å². The van der Waals surface area contributed by atoms with Crippen LogP contribution < -0.4 is 0 Å². The SMILES string of the molecule is C[C@@H]1O[C@H]2O[C@@H]3[C@@H](C)O[C@@H](O)C[C@H]3O[C@H]2CC1=O. The lowest BCUT2D eigenvalue weighted by Gasteiger charge is -2.48. The van der Waals surface area contributed by atoms with E-state index in [0.717, 1.165) is 0 Å². The van der Waals surface area contributed by atoms with Gasteiger partial charge >= 0.3 is 0 Å². The Balaban J connectivity index is 1.74. The lowest BCUT2D eigenvalue weighted by Crippen LogP contribution is -2.61. The molecule has 0 radical (unpaired) electrons. The van der Waals surface area contributed by atoms with Crippen molar-refractivity contribution in [2.45, 2.75) is 69.8 Å². The van der Waals surface area contributed by atoms with E-state index < -0.39 is 18.7 Å². The van der Waals surface area contributed by atoms with Gasteiger partial charge in [-0.3, -0.25) is 4.79 Å². The van der Waals surface area contributed by atoms with Gasteiger partial charge in [0.2, 0.25) is 0 Å². The van der Waals surface area contributed by atoms with Gasteiger partial charge < -0.3 is 24.1 Å². The molecule has 0 aromatic rings. The summed E-state index contributed by atoms with van der Waals surface area (Å²) in [6.07, 6.45) is -2.24. The third-order valence-electron chi connectivity index (χ3n) is 3.77. The van der Waals surface area contributed by atoms with Crippen LogP contribution in [0.5, 0.6) is 0 Å². The van der Waals surface area contributed by atoms with Gasteiger partial charge in [-0.1, -0.05) is 0 Å². The van der Waals surface area contributed by atoms with Crippen molar-refractivity contribution in [3.05, 3.63) is 0 Å². The molecule has 18 heavy (non-hydrogen) atoms. The molecular weight excluding hydrogens is 240 g/mol. The number of aliphatic hydroxyl groups excluding tert-OH is 1. The summed E-state index contributed by atoms with van der Waals surface area (Å²) >= 11 is 0. The molecule has 0 spiro atoms. The van der Waals surface area contributed by atoms with Crippen molar-refractivity contribution in [1.29, 1.82) is 0 Å². The van der Waals surface area contributed by atoms with E-state index in [1.54, 1.807) is 6.92 Å². The second-order valence-corrected chi connectivity index (χ2v) is 5.16. The molecule has 0 aromatic carbocycles. The molecule has 6 heteroatoms. The van der Waals surface area contributed by atoms with E-state index in [0.29, 0.717) is 12.8 Å². The Kier molecular flexibility index (Phi) is 3.15. The number of carbonyl (C=O) groups is 1. The molecule has 3 heterocycles. The van der Waals surface area contributed by atoms with Crippen molar-refractivity contribution in [2.24, 2.45) is 0 Å². The normalized spacial score (nSPS) is 52.6. The van der Waals surface area contributed by atoms with Crippen molar-refractivity contribution in [2.75, 3.05) is 0 Å². The summed E-state index contributed by atoms with van der Waals surface area (Å²) in [6.45, 7) is 3.56. The summed E-state index contributed by atoms with van der Waals surface area (Å²) in [4.78, 5) is 11.6. The molecule has 3 saturated heterocycles. The number of hydrogen-bond donors (Lipinski definition) is 1. The predicted octanol–water partition coefficient (Wildman–Crippen LogP) is -0.0298. The van der Waals surface area contributed by atoms with Gasteiger partial charge in [-0.05, 0) is 13.8 Å². The lowest BCUT2D eigenvalue weighted by molar-refractivity contribution is -0.359. The zero-order chi connectivity index (χ0) is 12.9. The Hall–Kier alpha value is -0.530. The minimum Gasteiger partial charge on any atom is -0.368 e. The van der Waals surface area contributed by atoms with Crippen LogP contribution in [0.4, 0.5) is 0 Å². The Morgan fingerprint density at radius 1 is 1.11 bits per heavy atom. The fraction of sp³-hybridized carbons (Fsp3) is 0.917. The van der Waals surface area contributed by atoms with Crippen molar-refractivity contribution < 1.29 is 28.8 Å². The molecule has 3 rings (SSSR count). The predicted molar refractivity (Wildman–Crippen MR) is 58.7 cm³/mol. The molecule has 3 aliphatic heterocycles. The van der Waals surface area contributed by atoms with Crippen molar-refractivity contribution in [3.8, 4) is 0 Å². The third-order valence-corrected chi connectivity index (χ3v) is 3.77. The Morgan fingerprint density at radius 2 is 1.89 bits per heavy atom. The molecule has 0 amide bonds. The highest BCUT2D eigenvalue weighted by molar-refractivity contribution is 5.83. The van der Waals surface area contributed by atoms with Crippen LogP contribution in [0.15, 0.2) is 0 Å². The molecule has 0 unspecified atom stereocenters. The van der Waals surface area contributed by atoms with Gasteiger partial charge in [0, 0.05) is 12.8 Å². The first-order valence-electron chi connectivity index (χ1n) is 6.37. The van der Waals surface area contributed by atoms with E-state index in [-0.39, 0.29) is 30.2 Å². The van der Waals surface area contributed by atoms with Crippen LogP contribution in [0.3, 0.4) is 0 Å². The number of aliphatic hydroxyl groups is 1. The average molecular weight is 258 g/mol. The second kappa shape index (κ2) is 4.54. The zero-order valence-electron chi connectivity index (χ0n) is 10.4. The molecule has 0 aliphatic carbocycles. The lowest BCUT2D eigenvalue weighted by atomic mass is 9.97. The van der Waals surface area contributed by atoms with E-state index in [2.05, 4.69) is 0 Å². The van der Waals surface area contributed by atoms with Gasteiger partial charge in [0.15, 0.2) is 18.4 Å². The summed E-state index contributed by atoms with van der Waals surface area (Å²) in [6, 6.07) is 0. The fourth-order valence-electron chi connectivity index (χ4n) is 2.78. The maximum Gasteiger partial charge on any atom is 0.185 e. The molecular formula is C12H18O6. The van der Waals surface area contributed by atoms with E-state index >= 15 is 0 Å². The molecule has 7 atom stereocenters. The van der Waals surface area contributed by atoms with Crippen LogP contribution in [-0.4, -0.2) is 54.0 Å². The van der Waals surface area contributed by atoms with Crippen LogP contribution in [0, 0.1) is 0 Å². The maximum atomic E-state index is 11.6. The molecule has 0 saturated carbocycles. The standard InChI is InChI=1S/C12H18O6/c1-5-7(13)3-9-12(16-5)18-11-6(2)15-10(14)4-8(11)17-9/h5-6,8-12,14H,3-4H2,1-2H3/t5-,6+,8+,9-,10+,11+,12-/m0/s1. The van der Waals surface area contributed by atoms with Crippen molar-refractivity contribution >= 4 is 5.78 Å². The second-order valence-electron chi connectivity index (χ2n) is 5.16. The van der Waals surface area contributed by atoms with Gasteiger partial charge in [0.1, 0.15) is 18.3 Å². The maximum absolute atomic E-state index is 11.6. The van der Waals surface area contributed by atoms with Crippen LogP contribution >= 0.6 is 0 Å². The van der Waals surface area contributed by atoms with Crippen LogP contribution in [-0.2, 0) is 23.7 Å². The molecule has 102 valence electrons. The molecule has 3 aliphatic rings. The smallest absolute Gasteiger partial charge is 0.185 e. The minimum atomic E-state index is -0.833. The average Bonchev–Trinajstić information content (AvgIpc) is 2.29. The summed E-state index contributed by atoms with van der Waals surface area (Å²) in [7, 11) is 0. The van der Waals surface area contributed by atoms with E-state index in [4.69, 9.17) is 18.9 Å². The first-order valence-corrected chi connectivity index (χ1v) is 6.37. The number of carbonyl (C=O) groups excluding carboxylic acids is 1. The largest absolute Gasteiger partial charge is 0.368 e. The first-order chi connectivity index (χ1) is 8.54. The summed E-state index contributed by atoms with van der Waals surface area (Å²) in [5.41, 5.74) is 0. The molecule has 0 bridgehead atoms. The number of fused-ring (bicyclic) bond motifs is 2. The number of Topliss-reactive ketones (excluding diaryl/α,β-unsaturated/α-hetero) is 1. The highest BCUT2D eigenvalue weighted by Crippen LogP contribution is 2.35. The van der Waals surface area contributed by atoms with Gasteiger partial charge in [-0.25, -0.2) is 0 Å². The summed E-state index contributed by atoms with van der Waals surface area (Å²) in [5.74, 6) is 0.0268. The van der Waals surface area contributed by atoms with Crippen molar-refractivity contribution in [1.82, 2.24) is 0 Å². The van der Waals surface area contributed by atoms with E-state index in [9.17, 15) is 9.90 Å². The number of hydrogen-bond acceptors (Lipinski definition) is 6. The van der Waals surface area contributed by atoms with Crippen LogP contribution in [0.2, 0.25) is 0 Å². The van der Waals surface area contributed by atoms with Crippen LogP contribution in [0.25, 0.3) is 0 Å². The molecule has 3 fully saturated rings. The highest BCUT2D eigenvalue weighted by Gasteiger charge is 2.49. The van der Waals surface area contributed by atoms with Crippen LogP contribution in [0.1, 0.15) is 26.7 Å². The molecule has 0 aromatic heterocycles. The van der Waals surface area contributed by atoms with E-state index in [1.165, 1.54) is 0 Å². The molecule has 1 N–H and O–H groups in total. The monoisotopic (exact) mass is 258 g/mol. The Bertz CT molecular complexity index is 345. The molecule has 6 nitrogen and oxygen atoms in total. The number of ether oxygens (including phenoxy) is 4. The van der Waals surface area contributed by atoms with Crippen molar-refractivity contribution in [3.63, 3.8) is 0 Å². The first kappa shape index (κ1) is 12.5.